The molecule has 0 radical (unpaired) electrons. The minimum absolute atomic E-state index is 0.219. The van der Waals surface area contributed by atoms with E-state index in [-0.39, 0.29) is 18.1 Å². The van der Waals surface area contributed by atoms with Gasteiger partial charge in [-0.1, -0.05) is 24.3 Å². The minimum Gasteiger partial charge on any atom is -0.306 e. The molecule has 2 aromatic carbocycles. The lowest BCUT2D eigenvalue weighted by atomic mass is 10.2. The topological polar surface area (TPSA) is 37.8 Å². The molecule has 19 heavy (non-hydrogen) atoms. The third-order valence-electron chi connectivity index (χ3n) is 3.22. The molecule has 0 bridgehead atoms. The lowest BCUT2D eigenvalue weighted by molar-refractivity contribution is 0.599. The van der Waals surface area contributed by atoms with Crippen molar-refractivity contribution in [1.82, 2.24) is 9.55 Å². The summed E-state index contributed by atoms with van der Waals surface area (Å²) in [4.78, 5) is 14.7. The number of aromatic amines is 1. The Kier molecular flexibility index (Phi) is 2.71. The second-order valence-corrected chi connectivity index (χ2v) is 4.63. The standard InChI is InChI=1S/C15H13FN2O/c1-10-6-7-14-13(8-10)17-15(19)18(14)9-11-4-2-3-5-12(11)16/h2-8H,9H2,1H3,(H,17,19). The number of aryl methyl sites for hydroxylation is 1. The number of hydrogen-bond acceptors (Lipinski definition) is 1. The Morgan fingerprint density at radius 2 is 2.00 bits per heavy atom. The zero-order valence-electron chi connectivity index (χ0n) is 10.5. The number of nitrogens with zero attached hydrogens (tertiary/aromatic N) is 1. The molecule has 4 heteroatoms. The maximum Gasteiger partial charge on any atom is 0.326 e. The molecule has 3 aromatic rings. The third kappa shape index (κ3) is 2.05. The van der Waals surface area contributed by atoms with Crippen LogP contribution in [0.1, 0.15) is 11.1 Å². The van der Waals surface area contributed by atoms with Gasteiger partial charge in [0.2, 0.25) is 0 Å². The van der Waals surface area contributed by atoms with E-state index in [2.05, 4.69) is 4.98 Å². The molecule has 3 nitrogen and oxygen atoms in total. The first-order valence-electron chi connectivity index (χ1n) is 6.08. The van der Waals surface area contributed by atoms with Gasteiger partial charge >= 0.3 is 5.69 Å². The monoisotopic (exact) mass is 256 g/mol. The molecular formula is C15H13FN2O. The van der Waals surface area contributed by atoms with Crippen LogP contribution >= 0.6 is 0 Å². The third-order valence-corrected chi connectivity index (χ3v) is 3.22. The number of halogens is 1. The summed E-state index contributed by atoms with van der Waals surface area (Å²) >= 11 is 0. The Hall–Kier alpha value is -2.36. The molecule has 0 fully saturated rings. The Balaban J connectivity index is 2.13. The van der Waals surface area contributed by atoms with Crippen LogP contribution in [-0.2, 0) is 6.54 Å². The summed E-state index contributed by atoms with van der Waals surface area (Å²) in [5.41, 5.74) is 2.93. The van der Waals surface area contributed by atoms with Gasteiger partial charge in [-0.15, -0.1) is 0 Å². The largest absolute Gasteiger partial charge is 0.326 e. The fourth-order valence-electron chi connectivity index (χ4n) is 2.23. The number of benzene rings is 2. The highest BCUT2D eigenvalue weighted by Gasteiger charge is 2.09. The molecule has 3 rings (SSSR count). The number of aromatic nitrogens is 2. The minimum atomic E-state index is -0.295. The summed E-state index contributed by atoms with van der Waals surface area (Å²) in [5.74, 6) is -0.295. The normalized spacial score (nSPS) is 11.1. The first-order chi connectivity index (χ1) is 9.15. The van der Waals surface area contributed by atoms with Crippen LogP contribution < -0.4 is 5.69 Å². The Morgan fingerprint density at radius 3 is 2.79 bits per heavy atom. The zero-order chi connectivity index (χ0) is 13.4. The lowest BCUT2D eigenvalue weighted by Gasteiger charge is -2.05. The highest BCUT2D eigenvalue weighted by atomic mass is 19.1. The zero-order valence-corrected chi connectivity index (χ0v) is 10.5. The van der Waals surface area contributed by atoms with E-state index in [9.17, 15) is 9.18 Å². The number of fused-ring (bicyclic) bond motifs is 1. The summed E-state index contributed by atoms with van der Waals surface area (Å²) < 4.78 is 15.2. The maximum atomic E-state index is 13.7. The van der Waals surface area contributed by atoms with Crippen LogP contribution in [-0.4, -0.2) is 9.55 Å². The van der Waals surface area contributed by atoms with Crippen LogP contribution in [0.4, 0.5) is 4.39 Å². The average molecular weight is 256 g/mol. The molecule has 1 N–H and O–H groups in total. The second kappa shape index (κ2) is 4.39. The van der Waals surface area contributed by atoms with Gasteiger partial charge < -0.3 is 4.98 Å². The fraction of sp³-hybridized carbons (Fsp3) is 0.133. The van der Waals surface area contributed by atoms with Crippen molar-refractivity contribution < 1.29 is 4.39 Å². The number of imidazole rings is 1. The van der Waals surface area contributed by atoms with E-state index in [0.29, 0.717) is 5.56 Å². The van der Waals surface area contributed by atoms with Crippen LogP contribution in [0, 0.1) is 12.7 Å². The van der Waals surface area contributed by atoms with Crippen molar-refractivity contribution in [3.8, 4) is 0 Å². The van der Waals surface area contributed by atoms with E-state index in [1.165, 1.54) is 6.07 Å². The highest BCUT2D eigenvalue weighted by molar-refractivity contribution is 5.76. The molecule has 96 valence electrons. The number of hydrogen-bond donors (Lipinski definition) is 1. The summed E-state index contributed by atoms with van der Waals surface area (Å²) in [7, 11) is 0. The Labute approximate surface area is 109 Å². The van der Waals surface area contributed by atoms with E-state index < -0.39 is 0 Å². The van der Waals surface area contributed by atoms with Gasteiger partial charge in [0.25, 0.3) is 0 Å². The van der Waals surface area contributed by atoms with Crippen molar-refractivity contribution >= 4 is 11.0 Å². The molecule has 1 heterocycles. The molecule has 0 aliphatic rings. The van der Waals surface area contributed by atoms with Crippen molar-refractivity contribution in [3.63, 3.8) is 0 Å². The summed E-state index contributed by atoms with van der Waals surface area (Å²) in [6, 6.07) is 12.2. The van der Waals surface area contributed by atoms with Crippen LogP contribution in [0.15, 0.2) is 47.3 Å². The van der Waals surface area contributed by atoms with Gasteiger partial charge in [0, 0.05) is 5.56 Å². The molecule has 0 amide bonds. The molecule has 0 saturated heterocycles. The van der Waals surface area contributed by atoms with E-state index in [1.807, 2.05) is 25.1 Å². The predicted molar refractivity (Wildman–Crippen MR) is 72.8 cm³/mol. The Morgan fingerprint density at radius 1 is 1.21 bits per heavy atom. The Bertz CT molecular complexity index is 801. The summed E-state index contributed by atoms with van der Waals surface area (Å²) in [6.45, 7) is 2.19. The molecular weight excluding hydrogens is 243 g/mol. The van der Waals surface area contributed by atoms with Gasteiger partial charge in [0.05, 0.1) is 17.6 Å². The van der Waals surface area contributed by atoms with Crippen molar-refractivity contribution in [2.45, 2.75) is 13.5 Å². The van der Waals surface area contributed by atoms with Crippen molar-refractivity contribution in [2.24, 2.45) is 0 Å². The van der Waals surface area contributed by atoms with E-state index in [1.54, 1.807) is 22.8 Å². The number of nitrogens with one attached hydrogen (secondary N) is 1. The van der Waals surface area contributed by atoms with Crippen molar-refractivity contribution in [2.75, 3.05) is 0 Å². The van der Waals surface area contributed by atoms with Gasteiger partial charge in [-0.3, -0.25) is 4.57 Å². The molecule has 0 saturated carbocycles. The van der Waals surface area contributed by atoms with Crippen molar-refractivity contribution in [3.05, 3.63) is 69.9 Å². The molecule has 0 unspecified atom stereocenters. The fourth-order valence-corrected chi connectivity index (χ4v) is 2.23. The van der Waals surface area contributed by atoms with Crippen LogP contribution in [0.3, 0.4) is 0 Å². The molecule has 0 atom stereocenters. The van der Waals surface area contributed by atoms with Gasteiger partial charge in [-0.2, -0.15) is 0 Å². The van der Waals surface area contributed by atoms with Gasteiger partial charge in [0.1, 0.15) is 5.82 Å². The number of H-pyrrole nitrogens is 1. The van der Waals surface area contributed by atoms with Crippen LogP contribution in [0.2, 0.25) is 0 Å². The first kappa shape index (κ1) is 11.7. The summed E-state index contributed by atoms with van der Waals surface area (Å²) in [6.07, 6.45) is 0. The van der Waals surface area contributed by atoms with E-state index in [0.717, 1.165) is 16.6 Å². The quantitative estimate of drug-likeness (QED) is 0.752. The number of rotatable bonds is 2. The molecule has 0 aliphatic carbocycles. The van der Waals surface area contributed by atoms with E-state index >= 15 is 0 Å². The molecule has 1 aromatic heterocycles. The lowest BCUT2D eigenvalue weighted by Crippen LogP contribution is -2.17. The van der Waals surface area contributed by atoms with Gasteiger partial charge in [-0.25, -0.2) is 9.18 Å². The predicted octanol–water partition coefficient (Wildman–Crippen LogP) is 2.83. The molecule has 0 spiro atoms. The van der Waals surface area contributed by atoms with Crippen LogP contribution in [0.25, 0.3) is 11.0 Å². The smallest absolute Gasteiger partial charge is 0.306 e. The average Bonchev–Trinajstić information content (AvgIpc) is 2.68. The van der Waals surface area contributed by atoms with Crippen molar-refractivity contribution in [1.29, 1.82) is 0 Å². The first-order valence-corrected chi connectivity index (χ1v) is 6.08. The molecule has 0 aliphatic heterocycles. The maximum absolute atomic E-state index is 13.7. The van der Waals surface area contributed by atoms with Crippen LogP contribution in [0.5, 0.6) is 0 Å². The van der Waals surface area contributed by atoms with Gasteiger partial charge in [-0.05, 0) is 30.7 Å². The second-order valence-electron chi connectivity index (χ2n) is 4.63. The highest BCUT2D eigenvalue weighted by Crippen LogP contribution is 2.15. The van der Waals surface area contributed by atoms with Gasteiger partial charge in [0.15, 0.2) is 0 Å². The SMILES string of the molecule is Cc1ccc2c(c1)[nH]c(=O)n2Cc1ccccc1F. The van der Waals surface area contributed by atoms with E-state index in [4.69, 9.17) is 0 Å². The summed E-state index contributed by atoms with van der Waals surface area (Å²) in [5, 5.41) is 0.